The molecular formula is C31H37N3O6. The molecule has 0 radical (unpaired) electrons. The Morgan fingerprint density at radius 2 is 1.60 bits per heavy atom. The smallest absolute Gasteiger partial charge is 0.303 e. The summed E-state index contributed by atoms with van der Waals surface area (Å²) in [5.74, 6) is -0.803. The lowest BCUT2D eigenvalue weighted by molar-refractivity contribution is -0.137. The highest BCUT2D eigenvalue weighted by Gasteiger charge is 2.17. The van der Waals surface area contributed by atoms with Gasteiger partial charge in [-0.2, -0.15) is 0 Å². The van der Waals surface area contributed by atoms with Crippen LogP contribution in [-0.4, -0.2) is 49.7 Å². The molecule has 3 aromatic rings. The Morgan fingerprint density at radius 1 is 0.875 bits per heavy atom. The number of carbonyl (C=O) groups is 3. The molecule has 40 heavy (non-hydrogen) atoms. The van der Waals surface area contributed by atoms with Crippen molar-refractivity contribution in [2.24, 2.45) is 5.73 Å². The normalized spacial score (nSPS) is 10.7. The van der Waals surface area contributed by atoms with Crippen molar-refractivity contribution in [3.05, 3.63) is 89.5 Å². The van der Waals surface area contributed by atoms with Crippen LogP contribution in [0.1, 0.15) is 58.4 Å². The van der Waals surface area contributed by atoms with Crippen LogP contribution in [0.5, 0.6) is 5.75 Å². The topological polar surface area (TPSA) is 131 Å². The maximum absolute atomic E-state index is 13.2. The maximum atomic E-state index is 13.2. The highest BCUT2D eigenvalue weighted by Crippen LogP contribution is 2.24. The molecule has 0 aliphatic rings. The van der Waals surface area contributed by atoms with E-state index in [0.29, 0.717) is 61.8 Å². The second-order valence-electron chi connectivity index (χ2n) is 9.27. The molecule has 0 aliphatic heterocycles. The number of nitrogens with one attached hydrogen (secondary N) is 1. The number of ether oxygens (including phenoxy) is 2. The van der Waals surface area contributed by atoms with E-state index in [0.717, 1.165) is 24.1 Å². The molecule has 0 aromatic heterocycles. The number of rotatable bonds is 16. The van der Waals surface area contributed by atoms with Crippen molar-refractivity contribution in [1.82, 2.24) is 0 Å². The number of carboxylic acid groups (broad SMARTS) is 1. The zero-order valence-electron chi connectivity index (χ0n) is 22.8. The van der Waals surface area contributed by atoms with Gasteiger partial charge in [-0.1, -0.05) is 36.8 Å². The van der Waals surface area contributed by atoms with Gasteiger partial charge >= 0.3 is 5.97 Å². The van der Waals surface area contributed by atoms with E-state index in [4.69, 9.17) is 20.3 Å². The van der Waals surface area contributed by atoms with E-state index in [9.17, 15) is 14.4 Å². The zero-order valence-corrected chi connectivity index (χ0v) is 22.8. The number of nitrogens with two attached hydrogens (primary N) is 1. The molecule has 3 rings (SSSR count). The van der Waals surface area contributed by atoms with Crippen LogP contribution in [0.4, 0.5) is 11.4 Å². The van der Waals surface area contributed by atoms with Crippen molar-refractivity contribution in [3.63, 3.8) is 0 Å². The molecule has 0 spiro atoms. The van der Waals surface area contributed by atoms with E-state index < -0.39 is 5.97 Å². The molecule has 0 fully saturated rings. The minimum Gasteiger partial charge on any atom is -0.493 e. The minimum atomic E-state index is -0.785. The predicted molar refractivity (Wildman–Crippen MR) is 155 cm³/mol. The molecular weight excluding hydrogens is 510 g/mol. The van der Waals surface area contributed by atoms with Crippen LogP contribution in [0.2, 0.25) is 0 Å². The third-order valence-electron chi connectivity index (χ3n) is 6.22. The van der Waals surface area contributed by atoms with E-state index in [1.165, 1.54) is 0 Å². The molecule has 0 atom stereocenters. The van der Waals surface area contributed by atoms with E-state index in [1.807, 2.05) is 24.3 Å². The van der Waals surface area contributed by atoms with Gasteiger partial charge in [0.25, 0.3) is 11.8 Å². The molecule has 0 bridgehead atoms. The van der Waals surface area contributed by atoms with Crippen molar-refractivity contribution in [2.45, 2.75) is 38.7 Å². The van der Waals surface area contributed by atoms with Gasteiger partial charge in [0.15, 0.2) is 0 Å². The minimum absolute atomic E-state index is 0.168. The molecule has 0 heterocycles. The van der Waals surface area contributed by atoms with Crippen LogP contribution in [0.25, 0.3) is 0 Å². The van der Waals surface area contributed by atoms with Gasteiger partial charge in [0, 0.05) is 42.6 Å². The summed E-state index contributed by atoms with van der Waals surface area (Å²) in [6.45, 7) is 1.79. The molecule has 212 valence electrons. The van der Waals surface area contributed by atoms with Crippen molar-refractivity contribution < 1.29 is 29.0 Å². The average molecular weight is 548 g/mol. The lowest BCUT2D eigenvalue weighted by Gasteiger charge is -2.21. The Bertz CT molecular complexity index is 1260. The number of hydrogen-bond donors (Lipinski definition) is 3. The SMILES string of the molecule is CN(C(=O)c1ccc(NC(=O)c2ccccc2OCCCN)cc1)c1ccccc1COCCCCCC(=O)O. The van der Waals surface area contributed by atoms with Crippen LogP contribution in [0.3, 0.4) is 0 Å². The molecule has 0 aliphatic carbocycles. The molecule has 0 unspecified atom stereocenters. The summed E-state index contributed by atoms with van der Waals surface area (Å²) >= 11 is 0. The summed E-state index contributed by atoms with van der Waals surface area (Å²) in [5.41, 5.74) is 8.58. The number of carboxylic acids is 1. The Morgan fingerprint density at radius 3 is 2.35 bits per heavy atom. The molecule has 2 amide bonds. The lowest BCUT2D eigenvalue weighted by atomic mass is 10.1. The van der Waals surface area contributed by atoms with Crippen LogP contribution in [0, 0.1) is 0 Å². The van der Waals surface area contributed by atoms with Gasteiger partial charge in [0.1, 0.15) is 5.75 Å². The van der Waals surface area contributed by atoms with Crippen LogP contribution in [0.15, 0.2) is 72.8 Å². The van der Waals surface area contributed by atoms with Gasteiger partial charge in [0.2, 0.25) is 0 Å². The number of para-hydroxylation sites is 2. The van der Waals surface area contributed by atoms with E-state index in [2.05, 4.69) is 5.32 Å². The Balaban J connectivity index is 1.58. The van der Waals surface area contributed by atoms with Crippen molar-refractivity contribution in [2.75, 3.05) is 37.0 Å². The van der Waals surface area contributed by atoms with Gasteiger partial charge in [-0.3, -0.25) is 14.4 Å². The highest BCUT2D eigenvalue weighted by atomic mass is 16.5. The van der Waals surface area contributed by atoms with Crippen LogP contribution in [-0.2, 0) is 16.1 Å². The van der Waals surface area contributed by atoms with E-state index >= 15 is 0 Å². The number of amides is 2. The first-order valence-electron chi connectivity index (χ1n) is 13.4. The third-order valence-corrected chi connectivity index (χ3v) is 6.22. The van der Waals surface area contributed by atoms with Gasteiger partial charge in [-0.05, 0) is 68.3 Å². The number of hydrogen-bond acceptors (Lipinski definition) is 6. The van der Waals surface area contributed by atoms with Crippen molar-refractivity contribution in [1.29, 1.82) is 0 Å². The molecule has 3 aromatic carbocycles. The van der Waals surface area contributed by atoms with Crippen molar-refractivity contribution in [3.8, 4) is 5.75 Å². The predicted octanol–water partition coefficient (Wildman–Crippen LogP) is 5.10. The summed E-state index contributed by atoms with van der Waals surface area (Å²) < 4.78 is 11.5. The van der Waals surface area contributed by atoms with Gasteiger partial charge in [0.05, 0.1) is 18.8 Å². The second-order valence-corrected chi connectivity index (χ2v) is 9.27. The second kappa shape index (κ2) is 16.0. The van der Waals surface area contributed by atoms with Crippen molar-refractivity contribution >= 4 is 29.2 Å². The Hall–Kier alpha value is -4.21. The summed E-state index contributed by atoms with van der Waals surface area (Å²) in [5, 5.41) is 11.6. The molecule has 9 heteroatoms. The van der Waals surface area contributed by atoms with Crippen LogP contribution >= 0.6 is 0 Å². The van der Waals surface area contributed by atoms with E-state index in [1.54, 1.807) is 60.5 Å². The summed E-state index contributed by atoms with van der Waals surface area (Å²) in [4.78, 5) is 38.3. The average Bonchev–Trinajstić information content (AvgIpc) is 2.96. The van der Waals surface area contributed by atoms with Crippen LogP contribution < -0.4 is 20.7 Å². The number of unbranched alkanes of at least 4 members (excludes halogenated alkanes) is 2. The number of nitrogens with zero attached hydrogens (tertiary/aromatic N) is 1. The fraction of sp³-hybridized carbons (Fsp3) is 0.323. The number of anilines is 2. The molecule has 0 saturated carbocycles. The number of aliphatic carboxylic acids is 1. The third kappa shape index (κ3) is 9.21. The number of carbonyl (C=O) groups excluding carboxylic acids is 2. The quantitative estimate of drug-likeness (QED) is 0.213. The first kappa shape index (κ1) is 30.3. The zero-order chi connectivity index (χ0) is 28.7. The molecule has 0 saturated heterocycles. The fourth-order valence-electron chi connectivity index (χ4n) is 4.04. The Labute approximate surface area is 234 Å². The van der Waals surface area contributed by atoms with Gasteiger partial charge < -0.3 is 30.5 Å². The first-order valence-corrected chi connectivity index (χ1v) is 13.4. The molecule has 4 N–H and O–H groups in total. The first-order chi connectivity index (χ1) is 19.4. The summed E-state index contributed by atoms with van der Waals surface area (Å²) in [7, 11) is 1.71. The summed E-state index contributed by atoms with van der Waals surface area (Å²) in [6, 6.07) is 21.3. The summed E-state index contributed by atoms with van der Waals surface area (Å²) in [6.07, 6.45) is 3.05. The van der Waals surface area contributed by atoms with E-state index in [-0.39, 0.29) is 18.2 Å². The maximum Gasteiger partial charge on any atom is 0.303 e. The molecule has 9 nitrogen and oxygen atoms in total. The van der Waals surface area contributed by atoms with Gasteiger partial charge in [-0.15, -0.1) is 0 Å². The fourth-order valence-corrected chi connectivity index (χ4v) is 4.04. The monoisotopic (exact) mass is 547 g/mol. The largest absolute Gasteiger partial charge is 0.493 e. The van der Waals surface area contributed by atoms with Gasteiger partial charge in [-0.25, -0.2) is 0 Å². The highest BCUT2D eigenvalue weighted by molar-refractivity contribution is 6.08. The number of benzene rings is 3. The Kier molecular flexibility index (Phi) is 12.2. The standard InChI is InChI=1S/C31H37N3O6/c1-34(27-12-6-4-10-24(27)22-39-20-8-2-3-14-29(35)36)31(38)23-15-17-25(18-16-23)33-30(37)26-11-5-7-13-28(26)40-21-9-19-32/h4-7,10-13,15-18H,2-3,8-9,14,19-22,32H2,1H3,(H,33,37)(H,35,36). The lowest BCUT2D eigenvalue weighted by Crippen LogP contribution is -2.27.